The van der Waals surface area contributed by atoms with Crippen LogP contribution in [-0.4, -0.2) is 51.9 Å². The Kier molecular flexibility index (Phi) is 4.74. The maximum Gasteiger partial charge on any atom is 0.308 e. The van der Waals surface area contributed by atoms with E-state index in [1.165, 1.54) is 0 Å². The Bertz CT molecular complexity index is 799. The number of rotatable bonds is 5. The SMILES string of the molecule is CCc1c(C(=O)N2CCC(C(=O)O)C2)cnn1-c1ccccc1OC. The summed E-state index contributed by atoms with van der Waals surface area (Å²) >= 11 is 0. The summed E-state index contributed by atoms with van der Waals surface area (Å²) in [5, 5.41) is 13.5. The van der Waals surface area contributed by atoms with Crippen LogP contribution in [0.5, 0.6) is 5.75 Å². The molecule has 0 bridgehead atoms. The van der Waals surface area contributed by atoms with Gasteiger partial charge in [0.05, 0.1) is 30.5 Å². The second-order valence-corrected chi connectivity index (χ2v) is 6.02. The number of carboxylic acids is 1. The van der Waals surface area contributed by atoms with Crippen LogP contribution in [0.1, 0.15) is 29.4 Å². The molecule has 1 saturated heterocycles. The molecule has 0 spiro atoms. The molecule has 1 unspecified atom stereocenters. The summed E-state index contributed by atoms with van der Waals surface area (Å²) < 4.78 is 7.11. The largest absolute Gasteiger partial charge is 0.494 e. The van der Waals surface area contributed by atoms with Crippen molar-refractivity contribution in [3.63, 3.8) is 0 Å². The number of methoxy groups -OCH3 is 1. The smallest absolute Gasteiger partial charge is 0.308 e. The lowest BCUT2D eigenvalue weighted by Gasteiger charge is -2.16. The van der Waals surface area contributed by atoms with E-state index in [0.29, 0.717) is 30.7 Å². The number of ether oxygens (including phenoxy) is 1. The molecule has 25 heavy (non-hydrogen) atoms. The van der Waals surface area contributed by atoms with Crippen molar-refractivity contribution in [2.24, 2.45) is 5.92 Å². The monoisotopic (exact) mass is 343 g/mol. The average molecular weight is 343 g/mol. The Hall–Kier alpha value is -2.83. The summed E-state index contributed by atoms with van der Waals surface area (Å²) in [6.45, 7) is 2.67. The number of benzene rings is 1. The number of carboxylic acid groups (broad SMARTS) is 1. The van der Waals surface area contributed by atoms with Crippen LogP contribution in [0, 0.1) is 5.92 Å². The molecular formula is C18H21N3O4. The normalized spacial score (nSPS) is 16.9. The zero-order chi connectivity index (χ0) is 18.0. The van der Waals surface area contributed by atoms with Crippen molar-refractivity contribution in [1.29, 1.82) is 0 Å². The van der Waals surface area contributed by atoms with E-state index in [1.807, 2.05) is 31.2 Å². The maximum absolute atomic E-state index is 12.8. The lowest BCUT2D eigenvalue weighted by molar-refractivity contribution is -0.141. The molecule has 2 aromatic rings. The molecule has 1 aromatic carbocycles. The molecule has 0 aliphatic carbocycles. The summed E-state index contributed by atoms with van der Waals surface area (Å²) in [6.07, 6.45) is 2.67. The minimum Gasteiger partial charge on any atom is -0.494 e. The number of hydrogen-bond donors (Lipinski definition) is 1. The number of aromatic nitrogens is 2. The number of nitrogens with zero attached hydrogens (tertiary/aromatic N) is 3. The van der Waals surface area contributed by atoms with E-state index >= 15 is 0 Å². The third-order valence-electron chi connectivity index (χ3n) is 4.57. The van der Waals surface area contributed by atoms with Gasteiger partial charge < -0.3 is 14.7 Å². The van der Waals surface area contributed by atoms with Crippen LogP contribution in [0.15, 0.2) is 30.5 Å². The van der Waals surface area contributed by atoms with Crippen LogP contribution in [-0.2, 0) is 11.2 Å². The topological polar surface area (TPSA) is 84.7 Å². The molecular weight excluding hydrogens is 322 g/mol. The summed E-state index contributed by atoms with van der Waals surface area (Å²) in [7, 11) is 1.59. The molecule has 1 aromatic heterocycles. The van der Waals surface area contributed by atoms with Gasteiger partial charge in [-0.3, -0.25) is 9.59 Å². The number of carbonyl (C=O) groups is 2. The minimum atomic E-state index is -0.851. The van der Waals surface area contributed by atoms with E-state index < -0.39 is 11.9 Å². The van der Waals surface area contributed by atoms with Crippen molar-refractivity contribution in [2.45, 2.75) is 19.8 Å². The van der Waals surface area contributed by atoms with Gasteiger partial charge >= 0.3 is 5.97 Å². The van der Waals surface area contributed by atoms with Crippen molar-refractivity contribution < 1.29 is 19.4 Å². The molecule has 1 aliphatic rings. The third kappa shape index (κ3) is 3.09. The van der Waals surface area contributed by atoms with Gasteiger partial charge in [0.15, 0.2) is 0 Å². The van der Waals surface area contributed by atoms with Crippen LogP contribution in [0.25, 0.3) is 5.69 Å². The lowest BCUT2D eigenvalue weighted by Crippen LogP contribution is -2.30. The Morgan fingerprint density at radius 1 is 1.36 bits per heavy atom. The van der Waals surface area contributed by atoms with Crippen LogP contribution in [0.3, 0.4) is 0 Å². The summed E-state index contributed by atoms with van der Waals surface area (Å²) in [5.41, 5.74) is 2.07. The van der Waals surface area contributed by atoms with Gasteiger partial charge in [-0.2, -0.15) is 5.10 Å². The second-order valence-electron chi connectivity index (χ2n) is 6.02. The van der Waals surface area contributed by atoms with E-state index in [2.05, 4.69) is 5.10 Å². The fourth-order valence-corrected chi connectivity index (χ4v) is 3.22. The predicted octanol–water partition coefficient (Wildman–Crippen LogP) is 1.99. The molecule has 132 valence electrons. The number of para-hydroxylation sites is 2. The number of hydrogen-bond acceptors (Lipinski definition) is 4. The van der Waals surface area contributed by atoms with E-state index in [0.717, 1.165) is 11.4 Å². The first-order chi connectivity index (χ1) is 12.1. The van der Waals surface area contributed by atoms with Crippen molar-refractivity contribution >= 4 is 11.9 Å². The molecule has 0 radical (unpaired) electrons. The highest BCUT2D eigenvalue weighted by molar-refractivity contribution is 5.96. The summed E-state index contributed by atoms with van der Waals surface area (Å²) in [6, 6.07) is 7.49. The fraction of sp³-hybridized carbons (Fsp3) is 0.389. The van der Waals surface area contributed by atoms with E-state index in [-0.39, 0.29) is 12.5 Å². The third-order valence-corrected chi connectivity index (χ3v) is 4.57. The highest BCUT2D eigenvalue weighted by atomic mass is 16.5. The number of amides is 1. The van der Waals surface area contributed by atoms with Crippen molar-refractivity contribution in [1.82, 2.24) is 14.7 Å². The zero-order valence-electron chi connectivity index (χ0n) is 14.3. The fourth-order valence-electron chi connectivity index (χ4n) is 3.22. The van der Waals surface area contributed by atoms with Gasteiger partial charge in [0, 0.05) is 13.1 Å². The first-order valence-corrected chi connectivity index (χ1v) is 8.29. The highest BCUT2D eigenvalue weighted by Gasteiger charge is 2.33. The van der Waals surface area contributed by atoms with E-state index in [1.54, 1.807) is 22.9 Å². The predicted molar refractivity (Wildman–Crippen MR) is 91.1 cm³/mol. The molecule has 3 rings (SSSR count). The molecule has 1 atom stereocenters. The first kappa shape index (κ1) is 17.0. The van der Waals surface area contributed by atoms with Gasteiger partial charge in [0.1, 0.15) is 11.4 Å². The van der Waals surface area contributed by atoms with Crippen LogP contribution >= 0.6 is 0 Å². The Labute approximate surface area is 145 Å². The standard InChI is InChI=1S/C18H21N3O4/c1-3-14-13(17(22)20-9-8-12(11-20)18(23)24)10-19-21(14)15-6-4-5-7-16(15)25-2/h4-7,10,12H,3,8-9,11H2,1-2H3,(H,23,24). The number of likely N-dealkylation sites (tertiary alicyclic amines) is 1. The molecule has 0 saturated carbocycles. The molecule has 7 nitrogen and oxygen atoms in total. The maximum atomic E-state index is 12.8. The molecule has 1 aliphatic heterocycles. The first-order valence-electron chi connectivity index (χ1n) is 8.29. The molecule has 1 amide bonds. The van der Waals surface area contributed by atoms with Gasteiger partial charge in [-0.05, 0) is 25.0 Å². The Morgan fingerprint density at radius 2 is 2.12 bits per heavy atom. The van der Waals surface area contributed by atoms with Gasteiger partial charge in [-0.25, -0.2) is 4.68 Å². The van der Waals surface area contributed by atoms with Crippen molar-refractivity contribution in [2.75, 3.05) is 20.2 Å². The lowest BCUT2D eigenvalue weighted by atomic mass is 10.1. The number of aliphatic carboxylic acids is 1. The van der Waals surface area contributed by atoms with E-state index in [4.69, 9.17) is 9.84 Å². The molecule has 2 heterocycles. The number of carbonyl (C=O) groups excluding carboxylic acids is 1. The summed E-state index contributed by atoms with van der Waals surface area (Å²) in [4.78, 5) is 25.6. The summed E-state index contributed by atoms with van der Waals surface area (Å²) in [5.74, 6) is -0.831. The zero-order valence-corrected chi connectivity index (χ0v) is 14.3. The Balaban J connectivity index is 1.93. The molecule has 1 fully saturated rings. The average Bonchev–Trinajstić information content (AvgIpc) is 3.28. The highest BCUT2D eigenvalue weighted by Crippen LogP contribution is 2.26. The molecule has 1 N–H and O–H groups in total. The van der Waals surface area contributed by atoms with Crippen molar-refractivity contribution in [3.05, 3.63) is 41.7 Å². The van der Waals surface area contributed by atoms with E-state index in [9.17, 15) is 9.59 Å². The van der Waals surface area contributed by atoms with Crippen LogP contribution in [0.4, 0.5) is 0 Å². The van der Waals surface area contributed by atoms with Crippen LogP contribution < -0.4 is 4.74 Å². The Morgan fingerprint density at radius 3 is 2.76 bits per heavy atom. The van der Waals surface area contributed by atoms with Crippen molar-refractivity contribution in [3.8, 4) is 11.4 Å². The van der Waals surface area contributed by atoms with Gasteiger partial charge in [-0.1, -0.05) is 19.1 Å². The second kappa shape index (κ2) is 6.96. The quantitative estimate of drug-likeness (QED) is 0.897. The molecule has 7 heteroatoms. The van der Waals surface area contributed by atoms with Gasteiger partial charge in [-0.15, -0.1) is 0 Å². The van der Waals surface area contributed by atoms with Gasteiger partial charge in [0.25, 0.3) is 5.91 Å². The minimum absolute atomic E-state index is 0.165. The van der Waals surface area contributed by atoms with Gasteiger partial charge in [0.2, 0.25) is 0 Å². The van der Waals surface area contributed by atoms with Crippen LogP contribution in [0.2, 0.25) is 0 Å².